The second-order valence-electron chi connectivity index (χ2n) is 4.46. The molecule has 19 heavy (non-hydrogen) atoms. The molecule has 1 aromatic rings. The average molecular weight is 283 g/mol. The Hall–Kier alpha value is -1.67. The number of anilines is 1. The molecule has 0 aliphatic carbocycles. The van der Waals surface area contributed by atoms with Gasteiger partial charge in [-0.2, -0.15) is 5.10 Å². The molecule has 2 rings (SSSR count). The van der Waals surface area contributed by atoms with E-state index >= 15 is 0 Å². The van der Waals surface area contributed by atoms with Gasteiger partial charge in [-0.25, -0.2) is 0 Å². The Morgan fingerprint density at radius 2 is 2.21 bits per heavy atom. The number of aryl methyl sites for hydroxylation is 2. The number of nitrogens with zero attached hydrogens (tertiary/aromatic N) is 3. The number of aromatic nitrogens is 2. The summed E-state index contributed by atoms with van der Waals surface area (Å²) in [6, 6.07) is -0.531. The summed E-state index contributed by atoms with van der Waals surface area (Å²) >= 11 is 5.07. The number of amides is 1. The Balaban J connectivity index is 2.50. The molecule has 1 unspecified atom stereocenters. The van der Waals surface area contributed by atoms with Crippen molar-refractivity contribution in [3.63, 3.8) is 0 Å². The van der Waals surface area contributed by atoms with Gasteiger partial charge in [0, 0.05) is 13.6 Å². The second-order valence-corrected chi connectivity index (χ2v) is 4.90. The van der Waals surface area contributed by atoms with Gasteiger partial charge >= 0.3 is 0 Å². The third kappa shape index (κ3) is 2.41. The van der Waals surface area contributed by atoms with Crippen LogP contribution in [0.1, 0.15) is 11.3 Å². The number of primary amides is 1. The van der Waals surface area contributed by atoms with E-state index in [1.807, 2.05) is 11.8 Å². The van der Waals surface area contributed by atoms with Gasteiger partial charge in [0.1, 0.15) is 16.8 Å². The molecular weight excluding hydrogens is 266 g/mol. The molecule has 0 radical (unpaired) electrons. The summed E-state index contributed by atoms with van der Waals surface area (Å²) in [5.74, 6) is 0.282. The zero-order chi connectivity index (χ0) is 14.2. The highest BCUT2D eigenvalue weighted by Gasteiger charge is 2.32. The smallest absolute Gasteiger partial charge is 0.242 e. The van der Waals surface area contributed by atoms with Gasteiger partial charge in [-0.05, 0) is 6.92 Å². The van der Waals surface area contributed by atoms with Crippen LogP contribution in [0.5, 0.6) is 0 Å². The van der Waals surface area contributed by atoms with Gasteiger partial charge in [0.25, 0.3) is 0 Å². The van der Waals surface area contributed by atoms with Crippen molar-refractivity contribution in [2.45, 2.75) is 13.0 Å². The van der Waals surface area contributed by atoms with Gasteiger partial charge in [0.15, 0.2) is 0 Å². The Bertz CT molecular complexity index is 527. The number of carbonyl (C=O) groups excluding carboxylic acids is 1. The van der Waals surface area contributed by atoms with Crippen molar-refractivity contribution < 1.29 is 9.53 Å². The minimum absolute atomic E-state index is 0.260. The Morgan fingerprint density at radius 3 is 2.79 bits per heavy atom. The van der Waals surface area contributed by atoms with E-state index in [-0.39, 0.29) is 11.6 Å². The quantitative estimate of drug-likeness (QED) is 0.694. The lowest BCUT2D eigenvalue weighted by atomic mass is 10.1. The van der Waals surface area contributed by atoms with E-state index in [2.05, 4.69) is 5.10 Å². The fourth-order valence-corrected chi connectivity index (χ4v) is 2.60. The highest BCUT2D eigenvalue weighted by Crippen LogP contribution is 2.26. The van der Waals surface area contributed by atoms with E-state index in [4.69, 9.17) is 28.4 Å². The molecule has 8 heteroatoms. The topological polar surface area (TPSA) is 99.4 Å². The van der Waals surface area contributed by atoms with Crippen LogP contribution in [-0.4, -0.2) is 46.5 Å². The van der Waals surface area contributed by atoms with Crippen molar-refractivity contribution in [2.75, 3.05) is 24.7 Å². The van der Waals surface area contributed by atoms with E-state index < -0.39 is 11.9 Å². The van der Waals surface area contributed by atoms with Crippen LogP contribution in [0, 0.1) is 6.92 Å². The fourth-order valence-electron chi connectivity index (χ4n) is 2.36. The highest BCUT2D eigenvalue weighted by molar-refractivity contribution is 7.80. The summed E-state index contributed by atoms with van der Waals surface area (Å²) < 4.78 is 6.98. The van der Waals surface area contributed by atoms with Crippen molar-refractivity contribution in [3.05, 3.63) is 11.3 Å². The minimum atomic E-state index is -0.531. The van der Waals surface area contributed by atoms with Crippen LogP contribution >= 0.6 is 12.2 Å². The monoisotopic (exact) mass is 283 g/mol. The van der Waals surface area contributed by atoms with Crippen LogP contribution in [0.15, 0.2) is 0 Å². The van der Waals surface area contributed by atoms with E-state index in [1.165, 1.54) is 0 Å². The molecule has 7 nitrogen and oxygen atoms in total. The lowest BCUT2D eigenvalue weighted by molar-refractivity contribution is -0.121. The summed E-state index contributed by atoms with van der Waals surface area (Å²) in [6.07, 6.45) is 0. The van der Waals surface area contributed by atoms with E-state index in [0.29, 0.717) is 18.7 Å². The molecule has 2 heterocycles. The van der Waals surface area contributed by atoms with E-state index in [1.54, 1.807) is 11.7 Å². The highest BCUT2D eigenvalue weighted by atomic mass is 32.1. The summed E-state index contributed by atoms with van der Waals surface area (Å²) in [5.41, 5.74) is 12.6. The van der Waals surface area contributed by atoms with Crippen molar-refractivity contribution in [2.24, 2.45) is 18.5 Å². The van der Waals surface area contributed by atoms with Crippen LogP contribution in [0.3, 0.4) is 0 Å². The SMILES string of the molecule is Cc1nn(C)c(N2CCOCC2C(N)=O)c1C(N)=S. The maximum Gasteiger partial charge on any atom is 0.242 e. The predicted octanol–water partition coefficient (Wildman–Crippen LogP) is -0.947. The van der Waals surface area contributed by atoms with Crippen molar-refractivity contribution in [1.82, 2.24) is 9.78 Å². The number of nitrogens with two attached hydrogens (primary N) is 2. The molecule has 1 aliphatic rings. The molecule has 1 aliphatic heterocycles. The Kier molecular flexibility index (Phi) is 3.72. The van der Waals surface area contributed by atoms with Crippen LogP contribution in [0.25, 0.3) is 0 Å². The zero-order valence-electron chi connectivity index (χ0n) is 10.9. The zero-order valence-corrected chi connectivity index (χ0v) is 11.7. The Morgan fingerprint density at radius 1 is 1.53 bits per heavy atom. The molecule has 1 amide bonds. The number of morpholine rings is 1. The molecule has 0 saturated carbocycles. The Labute approximate surface area is 116 Å². The summed E-state index contributed by atoms with van der Waals surface area (Å²) in [6.45, 7) is 3.15. The lowest BCUT2D eigenvalue weighted by Gasteiger charge is -2.35. The molecule has 1 fully saturated rings. The van der Waals surface area contributed by atoms with Crippen LogP contribution in [-0.2, 0) is 16.6 Å². The summed E-state index contributed by atoms with van der Waals surface area (Å²) in [7, 11) is 1.79. The number of hydrogen-bond acceptors (Lipinski definition) is 5. The molecule has 1 atom stereocenters. The van der Waals surface area contributed by atoms with Crippen molar-refractivity contribution in [3.8, 4) is 0 Å². The van der Waals surface area contributed by atoms with Crippen LogP contribution in [0.2, 0.25) is 0 Å². The molecule has 104 valence electrons. The third-order valence-electron chi connectivity index (χ3n) is 3.17. The van der Waals surface area contributed by atoms with Crippen LogP contribution in [0.4, 0.5) is 5.82 Å². The first-order valence-electron chi connectivity index (χ1n) is 5.90. The van der Waals surface area contributed by atoms with Gasteiger partial charge in [0.2, 0.25) is 5.91 Å². The number of ether oxygens (including phenoxy) is 1. The molecule has 1 aromatic heterocycles. The maximum atomic E-state index is 11.5. The van der Waals surface area contributed by atoms with Crippen molar-refractivity contribution >= 4 is 28.9 Å². The minimum Gasteiger partial charge on any atom is -0.389 e. The van der Waals surface area contributed by atoms with Gasteiger partial charge in [0.05, 0.1) is 24.5 Å². The van der Waals surface area contributed by atoms with Gasteiger partial charge < -0.3 is 21.1 Å². The number of rotatable bonds is 3. The third-order valence-corrected chi connectivity index (χ3v) is 3.37. The first-order chi connectivity index (χ1) is 8.93. The fraction of sp³-hybridized carbons (Fsp3) is 0.545. The molecule has 0 spiro atoms. The average Bonchev–Trinajstić information content (AvgIpc) is 2.64. The summed E-state index contributed by atoms with van der Waals surface area (Å²) in [5, 5.41) is 4.32. The molecule has 0 aromatic carbocycles. The van der Waals surface area contributed by atoms with E-state index in [9.17, 15) is 4.79 Å². The molecular formula is C11H17N5O2S. The van der Waals surface area contributed by atoms with E-state index in [0.717, 1.165) is 11.5 Å². The number of thiocarbonyl (C=S) groups is 1. The largest absolute Gasteiger partial charge is 0.389 e. The lowest BCUT2D eigenvalue weighted by Crippen LogP contribution is -2.53. The van der Waals surface area contributed by atoms with Gasteiger partial charge in [-0.1, -0.05) is 12.2 Å². The van der Waals surface area contributed by atoms with Crippen LogP contribution < -0.4 is 16.4 Å². The first-order valence-corrected chi connectivity index (χ1v) is 6.31. The van der Waals surface area contributed by atoms with Crippen molar-refractivity contribution in [1.29, 1.82) is 0 Å². The standard InChI is InChI=1S/C11H17N5O2S/c1-6-8(10(13)19)11(15(2)14-6)16-3-4-18-5-7(16)9(12)17/h7H,3-5H2,1-2H3,(H2,12,17)(H2,13,19). The summed E-state index contributed by atoms with van der Waals surface area (Å²) in [4.78, 5) is 13.7. The second kappa shape index (κ2) is 5.14. The number of hydrogen-bond donors (Lipinski definition) is 2. The van der Waals surface area contributed by atoms with Gasteiger partial charge in [-0.3, -0.25) is 9.48 Å². The molecule has 1 saturated heterocycles. The molecule has 0 bridgehead atoms. The molecule has 4 N–H and O–H groups in total. The normalized spacial score (nSPS) is 19.5. The maximum absolute atomic E-state index is 11.5. The van der Waals surface area contributed by atoms with Gasteiger partial charge in [-0.15, -0.1) is 0 Å². The predicted molar refractivity (Wildman–Crippen MR) is 75.0 cm³/mol. The number of carbonyl (C=O) groups is 1. The first kappa shape index (κ1) is 13.8.